The maximum atomic E-state index is 11.8. The van der Waals surface area contributed by atoms with Crippen molar-refractivity contribution < 1.29 is 19.4 Å². The highest BCUT2D eigenvalue weighted by molar-refractivity contribution is 5.84. The van der Waals surface area contributed by atoms with Crippen LogP contribution in [0.15, 0.2) is 0 Å². The molecule has 2 N–H and O–H groups in total. The molecule has 1 aromatic rings. The van der Waals surface area contributed by atoms with Gasteiger partial charge in [-0.05, 0) is 26.2 Å². The highest BCUT2D eigenvalue weighted by Crippen LogP contribution is 2.21. The third-order valence-electron chi connectivity index (χ3n) is 3.13. The number of hydrogen-bond acceptors (Lipinski definition) is 4. The lowest BCUT2D eigenvalue weighted by Crippen LogP contribution is -2.43. The summed E-state index contributed by atoms with van der Waals surface area (Å²) in [6.07, 6.45) is 0.381. The smallest absolute Gasteiger partial charge is 0.326 e. The van der Waals surface area contributed by atoms with Crippen molar-refractivity contribution in [2.24, 2.45) is 13.0 Å². The molecule has 0 fully saturated rings. The van der Waals surface area contributed by atoms with Crippen LogP contribution in [0.1, 0.15) is 31.7 Å². The molecule has 0 saturated carbocycles. The molecule has 0 saturated heterocycles. The molecule has 0 aromatic carbocycles. The van der Waals surface area contributed by atoms with Crippen molar-refractivity contribution >= 4 is 11.9 Å². The molecule has 0 spiro atoms. The van der Waals surface area contributed by atoms with E-state index in [9.17, 15) is 9.59 Å². The molecule has 21 heavy (non-hydrogen) atoms. The van der Waals surface area contributed by atoms with Crippen molar-refractivity contribution in [3.8, 4) is 5.75 Å². The van der Waals surface area contributed by atoms with Gasteiger partial charge in [-0.3, -0.25) is 9.48 Å². The lowest BCUT2D eigenvalue weighted by Gasteiger charge is -2.16. The third kappa shape index (κ3) is 4.77. The second kappa shape index (κ2) is 7.10. The van der Waals surface area contributed by atoms with Crippen molar-refractivity contribution in [3.63, 3.8) is 0 Å². The third-order valence-corrected chi connectivity index (χ3v) is 3.13. The van der Waals surface area contributed by atoms with E-state index < -0.39 is 17.9 Å². The van der Waals surface area contributed by atoms with E-state index in [1.165, 1.54) is 0 Å². The number of aryl methyl sites for hydroxylation is 2. The summed E-state index contributed by atoms with van der Waals surface area (Å²) in [5, 5.41) is 15.7. The lowest BCUT2D eigenvalue weighted by atomic mass is 10.0. The van der Waals surface area contributed by atoms with E-state index in [0.29, 0.717) is 17.9 Å². The zero-order valence-corrected chi connectivity index (χ0v) is 13.1. The Labute approximate surface area is 124 Å². The van der Waals surface area contributed by atoms with Gasteiger partial charge < -0.3 is 15.2 Å². The van der Waals surface area contributed by atoms with E-state index in [0.717, 1.165) is 5.69 Å². The zero-order valence-electron chi connectivity index (χ0n) is 13.1. The minimum atomic E-state index is -1.04. The molecule has 7 nitrogen and oxygen atoms in total. The number of carboxylic acids is 1. The van der Waals surface area contributed by atoms with Gasteiger partial charge >= 0.3 is 5.97 Å². The summed E-state index contributed by atoms with van der Waals surface area (Å²) in [5.74, 6) is -0.755. The first-order valence-electron chi connectivity index (χ1n) is 6.87. The predicted octanol–water partition coefficient (Wildman–Crippen LogP) is 1.03. The maximum Gasteiger partial charge on any atom is 0.326 e. The molecule has 1 aromatic heterocycles. The van der Waals surface area contributed by atoms with Gasteiger partial charge in [0.2, 0.25) is 0 Å². The second-order valence-electron chi connectivity index (χ2n) is 5.50. The molecule has 118 valence electrons. The largest absolute Gasteiger partial charge is 0.480 e. The van der Waals surface area contributed by atoms with Gasteiger partial charge in [-0.25, -0.2) is 4.79 Å². The summed E-state index contributed by atoms with van der Waals surface area (Å²) < 4.78 is 7.12. The van der Waals surface area contributed by atoms with E-state index in [1.807, 2.05) is 20.8 Å². The molecule has 0 bridgehead atoms. The zero-order chi connectivity index (χ0) is 16.2. The number of carboxylic acid groups (broad SMARTS) is 1. The van der Waals surface area contributed by atoms with Gasteiger partial charge in [0.1, 0.15) is 11.7 Å². The van der Waals surface area contributed by atoms with Crippen LogP contribution in [0.2, 0.25) is 0 Å². The van der Waals surface area contributed by atoms with Crippen LogP contribution in [-0.2, 0) is 16.6 Å². The molecular weight excluding hydrogens is 274 g/mol. The van der Waals surface area contributed by atoms with E-state index in [4.69, 9.17) is 9.84 Å². The number of nitrogens with zero attached hydrogens (tertiary/aromatic N) is 2. The monoisotopic (exact) mass is 297 g/mol. The first kappa shape index (κ1) is 17.0. The van der Waals surface area contributed by atoms with Crippen LogP contribution in [-0.4, -0.2) is 39.4 Å². The highest BCUT2D eigenvalue weighted by Gasteiger charge is 2.21. The molecule has 1 amide bonds. The number of aromatic nitrogens is 2. The Morgan fingerprint density at radius 2 is 2.00 bits per heavy atom. The van der Waals surface area contributed by atoms with Crippen molar-refractivity contribution in [1.29, 1.82) is 0 Å². The molecule has 0 radical (unpaired) electrons. The summed E-state index contributed by atoms with van der Waals surface area (Å²) in [6.45, 7) is 7.21. The van der Waals surface area contributed by atoms with Crippen LogP contribution in [0.3, 0.4) is 0 Å². The van der Waals surface area contributed by atoms with Crippen LogP contribution in [0.5, 0.6) is 5.75 Å². The predicted molar refractivity (Wildman–Crippen MR) is 77.2 cm³/mol. The number of ether oxygens (including phenoxy) is 1. The molecule has 1 atom stereocenters. The van der Waals surface area contributed by atoms with Crippen molar-refractivity contribution in [1.82, 2.24) is 15.1 Å². The Hall–Kier alpha value is -2.05. The molecule has 0 aliphatic heterocycles. The van der Waals surface area contributed by atoms with Crippen molar-refractivity contribution in [2.75, 3.05) is 6.61 Å². The summed E-state index contributed by atoms with van der Waals surface area (Å²) in [5.41, 5.74) is 1.51. The molecule has 1 rings (SSSR count). The fourth-order valence-electron chi connectivity index (χ4n) is 2.03. The number of hydrogen-bond donors (Lipinski definition) is 2. The fraction of sp³-hybridized carbons (Fsp3) is 0.643. The Kier molecular flexibility index (Phi) is 5.75. The Morgan fingerprint density at radius 1 is 1.38 bits per heavy atom. The fourth-order valence-corrected chi connectivity index (χ4v) is 2.03. The van der Waals surface area contributed by atoms with Gasteiger partial charge in [0.25, 0.3) is 5.91 Å². The number of amides is 1. The number of carbonyl (C=O) groups is 2. The summed E-state index contributed by atoms with van der Waals surface area (Å²) in [6, 6.07) is -0.891. The van der Waals surface area contributed by atoms with Gasteiger partial charge in [0.05, 0.1) is 5.69 Å². The first-order chi connectivity index (χ1) is 9.72. The van der Waals surface area contributed by atoms with Crippen LogP contribution < -0.4 is 10.1 Å². The molecule has 1 heterocycles. The highest BCUT2D eigenvalue weighted by atomic mass is 16.5. The summed E-state index contributed by atoms with van der Waals surface area (Å²) >= 11 is 0. The van der Waals surface area contributed by atoms with Gasteiger partial charge in [0, 0.05) is 7.05 Å². The average Bonchev–Trinajstić information content (AvgIpc) is 2.60. The molecule has 7 heteroatoms. The average molecular weight is 297 g/mol. The molecular formula is C14H23N3O4. The Morgan fingerprint density at radius 3 is 2.43 bits per heavy atom. The number of carbonyl (C=O) groups excluding carboxylic acids is 1. The number of aliphatic carboxylic acids is 1. The SMILES string of the molecule is Cc1nn(C)c(C)c1OCC(=O)N[C@H](CC(C)C)C(=O)O. The Balaban J connectivity index is 2.59. The van der Waals surface area contributed by atoms with Gasteiger partial charge in [0.15, 0.2) is 12.4 Å². The van der Waals surface area contributed by atoms with Crippen LogP contribution in [0.25, 0.3) is 0 Å². The normalized spacial score (nSPS) is 12.3. The number of rotatable bonds is 7. The minimum Gasteiger partial charge on any atom is -0.480 e. The topological polar surface area (TPSA) is 93.5 Å². The van der Waals surface area contributed by atoms with E-state index in [2.05, 4.69) is 10.4 Å². The van der Waals surface area contributed by atoms with Crippen molar-refractivity contribution in [2.45, 2.75) is 40.2 Å². The van der Waals surface area contributed by atoms with Gasteiger partial charge in [-0.1, -0.05) is 13.8 Å². The second-order valence-corrected chi connectivity index (χ2v) is 5.50. The van der Waals surface area contributed by atoms with Gasteiger partial charge in [-0.2, -0.15) is 5.10 Å². The molecule has 0 aliphatic rings. The van der Waals surface area contributed by atoms with E-state index in [1.54, 1.807) is 18.7 Å². The Bertz CT molecular complexity index is 523. The van der Waals surface area contributed by atoms with Gasteiger partial charge in [-0.15, -0.1) is 0 Å². The summed E-state index contributed by atoms with van der Waals surface area (Å²) in [4.78, 5) is 22.9. The number of nitrogens with one attached hydrogen (secondary N) is 1. The van der Waals surface area contributed by atoms with E-state index >= 15 is 0 Å². The summed E-state index contributed by atoms with van der Waals surface area (Å²) in [7, 11) is 1.79. The standard InChI is InChI=1S/C14H23N3O4/c1-8(2)6-11(14(19)20)15-12(18)7-21-13-9(3)16-17(5)10(13)4/h8,11H,6-7H2,1-5H3,(H,15,18)(H,19,20)/t11-/m1/s1. The minimum absolute atomic E-state index is 0.176. The van der Waals surface area contributed by atoms with Crippen LogP contribution in [0.4, 0.5) is 0 Å². The maximum absolute atomic E-state index is 11.8. The first-order valence-corrected chi connectivity index (χ1v) is 6.87. The van der Waals surface area contributed by atoms with Crippen LogP contribution >= 0.6 is 0 Å². The lowest BCUT2D eigenvalue weighted by molar-refractivity contribution is -0.142. The van der Waals surface area contributed by atoms with Crippen LogP contribution in [0, 0.1) is 19.8 Å². The van der Waals surface area contributed by atoms with E-state index in [-0.39, 0.29) is 12.5 Å². The van der Waals surface area contributed by atoms with Crippen molar-refractivity contribution in [3.05, 3.63) is 11.4 Å². The quantitative estimate of drug-likeness (QED) is 0.784. The molecule has 0 unspecified atom stereocenters. The molecule has 0 aliphatic carbocycles.